The molecule has 158 valence electrons. The van der Waals surface area contributed by atoms with Crippen molar-refractivity contribution >= 4 is 23.6 Å². The van der Waals surface area contributed by atoms with Gasteiger partial charge in [0.2, 0.25) is 5.75 Å². The maximum absolute atomic E-state index is 11.8. The minimum absolute atomic E-state index is 0.143. The maximum Gasteiger partial charge on any atom is 0.311 e. The third-order valence-corrected chi connectivity index (χ3v) is 5.23. The number of nitrogens with zero attached hydrogens (tertiary/aromatic N) is 1. The van der Waals surface area contributed by atoms with Gasteiger partial charge in [0.25, 0.3) is 0 Å². The molecule has 8 nitrogen and oxygen atoms in total. The molecule has 1 atom stereocenters. The lowest BCUT2D eigenvalue weighted by molar-refractivity contribution is -0.385. The average molecular weight is 413 g/mol. The Balaban J connectivity index is 2.24. The molecule has 1 aliphatic rings. The minimum Gasteiger partial charge on any atom is -0.493 e. The minimum atomic E-state index is -0.496. The van der Waals surface area contributed by atoms with Crippen LogP contribution in [0.3, 0.4) is 0 Å². The van der Waals surface area contributed by atoms with Gasteiger partial charge in [-0.1, -0.05) is 12.1 Å². The third-order valence-electron chi connectivity index (χ3n) is 5.23. The van der Waals surface area contributed by atoms with Crippen molar-refractivity contribution in [1.29, 1.82) is 0 Å². The molecule has 0 aliphatic heterocycles. The van der Waals surface area contributed by atoms with E-state index in [1.165, 1.54) is 27.4 Å². The first-order valence-corrected chi connectivity index (χ1v) is 9.30. The number of nitro groups is 1. The summed E-state index contributed by atoms with van der Waals surface area (Å²) in [6.07, 6.45) is 3.90. The number of carbonyl (C=O) groups excluding carboxylic acids is 1. The van der Waals surface area contributed by atoms with E-state index < -0.39 is 4.92 Å². The zero-order valence-corrected chi connectivity index (χ0v) is 17.3. The number of allylic oxidation sites excluding steroid dienone is 1. The summed E-state index contributed by atoms with van der Waals surface area (Å²) in [5.74, 6) is 1.34. The molecule has 0 heterocycles. The van der Waals surface area contributed by atoms with E-state index in [4.69, 9.17) is 18.9 Å². The Morgan fingerprint density at radius 1 is 1.00 bits per heavy atom. The Morgan fingerprint density at radius 3 is 2.27 bits per heavy atom. The molecule has 0 saturated carbocycles. The summed E-state index contributed by atoms with van der Waals surface area (Å²) in [7, 11) is 6.00. The van der Waals surface area contributed by atoms with Crippen LogP contribution in [-0.2, 0) is 11.2 Å². The van der Waals surface area contributed by atoms with E-state index in [0.717, 1.165) is 23.0 Å². The number of carbonyl (C=O) groups is 1. The second kappa shape index (κ2) is 8.86. The van der Waals surface area contributed by atoms with E-state index >= 15 is 0 Å². The predicted octanol–water partition coefficient (Wildman–Crippen LogP) is 3.93. The molecular weight excluding hydrogens is 390 g/mol. The Labute approximate surface area is 174 Å². The van der Waals surface area contributed by atoms with Gasteiger partial charge >= 0.3 is 5.69 Å². The highest BCUT2D eigenvalue weighted by molar-refractivity contribution is 5.94. The second-order valence-corrected chi connectivity index (χ2v) is 6.74. The number of rotatable bonds is 7. The van der Waals surface area contributed by atoms with Gasteiger partial charge in [-0.2, -0.15) is 0 Å². The van der Waals surface area contributed by atoms with Crippen LogP contribution in [0.1, 0.15) is 23.1 Å². The van der Waals surface area contributed by atoms with Crippen LogP contribution in [0.2, 0.25) is 0 Å². The largest absolute Gasteiger partial charge is 0.493 e. The van der Waals surface area contributed by atoms with E-state index in [9.17, 15) is 14.9 Å². The van der Waals surface area contributed by atoms with E-state index in [2.05, 4.69) is 0 Å². The number of hydrogen-bond acceptors (Lipinski definition) is 7. The lowest BCUT2D eigenvalue weighted by Crippen LogP contribution is -2.16. The Kier molecular flexibility index (Phi) is 6.25. The van der Waals surface area contributed by atoms with Crippen LogP contribution < -0.4 is 18.9 Å². The van der Waals surface area contributed by atoms with Gasteiger partial charge in [-0.15, -0.1) is 0 Å². The molecule has 0 bridgehead atoms. The highest BCUT2D eigenvalue weighted by Crippen LogP contribution is 2.48. The Hall–Kier alpha value is -3.55. The van der Waals surface area contributed by atoms with Gasteiger partial charge in [-0.05, 0) is 41.7 Å². The highest BCUT2D eigenvalue weighted by atomic mass is 16.6. The fourth-order valence-electron chi connectivity index (χ4n) is 3.82. The van der Waals surface area contributed by atoms with Gasteiger partial charge in [0, 0.05) is 17.5 Å². The molecule has 0 radical (unpaired) electrons. The standard InChI is InChI=1S/C22H23NO7/c1-27-19-8-5-13(10-18(19)23(25)26)9-16-14(12-24)6-7-15-17(16)11-20(28-2)22(30-4)21(15)29-3/h5,8-12,14H,6-7H2,1-4H3/b16-9+. The lowest BCUT2D eigenvalue weighted by Gasteiger charge is -2.28. The maximum atomic E-state index is 11.8. The number of ether oxygens (including phenoxy) is 4. The van der Waals surface area contributed by atoms with Crippen LogP contribution >= 0.6 is 0 Å². The Morgan fingerprint density at radius 2 is 1.70 bits per heavy atom. The van der Waals surface area contributed by atoms with Crippen LogP contribution in [0.5, 0.6) is 23.0 Å². The van der Waals surface area contributed by atoms with Crippen molar-refractivity contribution < 1.29 is 28.7 Å². The van der Waals surface area contributed by atoms with Crippen molar-refractivity contribution in [3.05, 3.63) is 51.1 Å². The number of fused-ring (bicyclic) bond motifs is 1. The molecule has 0 aromatic heterocycles. The number of nitro benzene ring substituents is 1. The first kappa shape index (κ1) is 21.2. The SMILES string of the molecule is COc1ccc(/C=C2/c3cc(OC)c(OC)c(OC)c3CCC2C=O)cc1[N+](=O)[O-]. The molecule has 0 fully saturated rings. The summed E-state index contributed by atoms with van der Waals surface area (Å²) in [5.41, 5.74) is 2.89. The first-order chi connectivity index (χ1) is 14.5. The van der Waals surface area contributed by atoms with E-state index in [-0.39, 0.29) is 17.4 Å². The first-order valence-electron chi connectivity index (χ1n) is 9.30. The summed E-state index contributed by atoms with van der Waals surface area (Å²) in [6, 6.07) is 6.50. The molecule has 0 spiro atoms. The molecule has 30 heavy (non-hydrogen) atoms. The molecule has 8 heteroatoms. The molecule has 2 aromatic carbocycles. The summed E-state index contributed by atoms with van der Waals surface area (Å²) < 4.78 is 21.6. The monoisotopic (exact) mass is 413 g/mol. The summed E-state index contributed by atoms with van der Waals surface area (Å²) in [6.45, 7) is 0. The van der Waals surface area contributed by atoms with Gasteiger partial charge in [0.1, 0.15) is 6.29 Å². The van der Waals surface area contributed by atoms with E-state index in [1.54, 1.807) is 25.3 Å². The van der Waals surface area contributed by atoms with Crippen LogP contribution in [-0.4, -0.2) is 39.6 Å². The smallest absolute Gasteiger partial charge is 0.311 e. The van der Waals surface area contributed by atoms with Crippen LogP contribution in [0.15, 0.2) is 24.3 Å². The van der Waals surface area contributed by atoms with Gasteiger partial charge in [0.05, 0.1) is 33.4 Å². The quantitative estimate of drug-likeness (QED) is 0.385. The number of methoxy groups -OCH3 is 4. The van der Waals surface area contributed by atoms with Gasteiger partial charge < -0.3 is 23.7 Å². The zero-order valence-electron chi connectivity index (χ0n) is 17.3. The summed E-state index contributed by atoms with van der Waals surface area (Å²) in [4.78, 5) is 22.7. The molecule has 0 saturated heterocycles. The van der Waals surface area contributed by atoms with Gasteiger partial charge in [-0.25, -0.2) is 0 Å². The lowest BCUT2D eigenvalue weighted by atomic mass is 9.78. The topological polar surface area (TPSA) is 97.1 Å². The third kappa shape index (κ3) is 3.68. The number of hydrogen-bond donors (Lipinski definition) is 0. The van der Waals surface area contributed by atoms with E-state index in [0.29, 0.717) is 35.7 Å². The normalized spacial score (nSPS) is 16.5. The van der Waals surface area contributed by atoms with Gasteiger partial charge in [0.15, 0.2) is 17.2 Å². The molecule has 1 unspecified atom stereocenters. The van der Waals surface area contributed by atoms with Crippen molar-refractivity contribution in [3.8, 4) is 23.0 Å². The molecule has 0 amide bonds. The van der Waals surface area contributed by atoms with Crippen molar-refractivity contribution in [2.24, 2.45) is 5.92 Å². The fraction of sp³-hybridized carbons (Fsp3) is 0.318. The highest BCUT2D eigenvalue weighted by Gasteiger charge is 2.30. The molecule has 2 aromatic rings. The van der Waals surface area contributed by atoms with Crippen LogP contribution in [0.25, 0.3) is 11.6 Å². The fourth-order valence-corrected chi connectivity index (χ4v) is 3.82. The van der Waals surface area contributed by atoms with E-state index in [1.807, 2.05) is 6.07 Å². The summed E-state index contributed by atoms with van der Waals surface area (Å²) in [5, 5.41) is 11.4. The summed E-state index contributed by atoms with van der Waals surface area (Å²) >= 11 is 0. The van der Waals surface area contributed by atoms with Gasteiger partial charge in [-0.3, -0.25) is 10.1 Å². The van der Waals surface area contributed by atoms with Crippen LogP contribution in [0.4, 0.5) is 5.69 Å². The molecule has 3 rings (SSSR count). The van der Waals surface area contributed by atoms with Crippen molar-refractivity contribution in [3.63, 3.8) is 0 Å². The number of aldehydes is 1. The van der Waals surface area contributed by atoms with Crippen molar-refractivity contribution in [2.45, 2.75) is 12.8 Å². The molecule has 1 aliphatic carbocycles. The van der Waals surface area contributed by atoms with Crippen LogP contribution in [0, 0.1) is 16.0 Å². The molecule has 0 N–H and O–H groups in total. The number of benzene rings is 2. The van der Waals surface area contributed by atoms with Crippen molar-refractivity contribution in [2.75, 3.05) is 28.4 Å². The zero-order chi connectivity index (χ0) is 21.8. The molecular formula is C22H23NO7. The van der Waals surface area contributed by atoms with Crippen molar-refractivity contribution in [1.82, 2.24) is 0 Å². The second-order valence-electron chi connectivity index (χ2n) is 6.74. The average Bonchev–Trinajstić information content (AvgIpc) is 2.77. The Bertz CT molecular complexity index is 1010. The predicted molar refractivity (Wildman–Crippen MR) is 111 cm³/mol.